The molecule has 0 radical (unpaired) electrons. The van der Waals surface area contributed by atoms with Gasteiger partial charge in [-0.15, -0.1) is 0 Å². The van der Waals surface area contributed by atoms with Crippen molar-refractivity contribution in [2.24, 2.45) is 0 Å². The van der Waals surface area contributed by atoms with Crippen LogP contribution in [0.5, 0.6) is 0 Å². The lowest BCUT2D eigenvalue weighted by Crippen LogP contribution is -2.21. The number of benzene rings is 1. The number of rotatable bonds is 6. The maximum Gasteiger partial charge on any atom is 0.209 e. The second-order valence-corrected chi connectivity index (χ2v) is 10.8. The summed E-state index contributed by atoms with van der Waals surface area (Å²) in [6.07, 6.45) is 7.66. The van der Waals surface area contributed by atoms with Crippen molar-refractivity contribution >= 4 is 37.6 Å². The summed E-state index contributed by atoms with van der Waals surface area (Å²) >= 11 is 0. The number of nitrogen functional groups attached to an aromatic ring is 1. The fourth-order valence-electron chi connectivity index (χ4n) is 4.38. The van der Waals surface area contributed by atoms with Gasteiger partial charge in [-0.25, -0.2) is 22.5 Å². The van der Waals surface area contributed by atoms with Crippen molar-refractivity contribution in [3.05, 3.63) is 78.6 Å². The lowest BCUT2D eigenvalue weighted by atomic mass is 10.0. The van der Waals surface area contributed by atoms with Crippen molar-refractivity contribution in [2.45, 2.75) is 6.54 Å². The van der Waals surface area contributed by atoms with Crippen molar-refractivity contribution in [1.82, 2.24) is 34.9 Å². The normalized spacial score (nSPS) is 11.9. The van der Waals surface area contributed by atoms with Gasteiger partial charge in [0, 0.05) is 41.6 Å². The van der Waals surface area contributed by atoms with E-state index in [1.54, 1.807) is 36.9 Å². The summed E-state index contributed by atoms with van der Waals surface area (Å²) in [5, 5.41) is 8.30. The van der Waals surface area contributed by atoms with Gasteiger partial charge in [-0.3, -0.25) is 15.1 Å². The molecule has 12 heteroatoms. The molecule has 5 N–H and O–H groups in total. The molecule has 1 aromatic carbocycles. The van der Waals surface area contributed by atoms with Crippen LogP contribution in [0.3, 0.4) is 0 Å². The van der Waals surface area contributed by atoms with Crippen LogP contribution in [0.15, 0.2) is 67.3 Å². The molecule has 0 saturated heterocycles. The van der Waals surface area contributed by atoms with Gasteiger partial charge in [-0.05, 0) is 53.6 Å². The summed E-state index contributed by atoms with van der Waals surface area (Å²) in [5.74, 6) is -0.480. The molecule has 0 spiro atoms. The minimum atomic E-state index is -3.43. The first-order chi connectivity index (χ1) is 18.2. The van der Waals surface area contributed by atoms with Gasteiger partial charge in [0.15, 0.2) is 0 Å². The Hall–Kier alpha value is -4.68. The molecule has 0 aliphatic heterocycles. The Morgan fingerprint density at radius 3 is 2.63 bits per heavy atom. The van der Waals surface area contributed by atoms with E-state index < -0.39 is 15.8 Å². The summed E-state index contributed by atoms with van der Waals surface area (Å²) in [6.45, 7) is -0.0266. The zero-order valence-electron chi connectivity index (χ0n) is 20.0. The van der Waals surface area contributed by atoms with E-state index in [4.69, 9.17) is 10.7 Å². The molecule has 6 rings (SSSR count). The lowest BCUT2D eigenvalue weighted by molar-refractivity contribution is 0.586. The van der Waals surface area contributed by atoms with Crippen molar-refractivity contribution < 1.29 is 12.8 Å². The fraction of sp³-hybridized carbons (Fsp3) is 0.0769. The number of halogens is 1. The Balaban J connectivity index is 1.43. The molecule has 0 bridgehead atoms. The SMILES string of the molecule is CS(=O)(=O)NCc1cc(F)cc(-c2cncc3[nH]c(-c4n[nH]c5ccc(-c6cncc(N)c6)nc45)cc23)c1. The summed E-state index contributed by atoms with van der Waals surface area (Å²) in [4.78, 5) is 16.6. The number of sulfonamides is 1. The highest BCUT2D eigenvalue weighted by molar-refractivity contribution is 7.88. The number of nitrogens with zero attached hydrogens (tertiary/aromatic N) is 4. The maximum atomic E-state index is 14.5. The zero-order chi connectivity index (χ0) is 26.4. The molecule has 0 aliphatic rings. The molecule has 0 saturated carbocycles. The molecule has 5 heterocycles. The van der Waals surface area contributed by atoms with Crippen LogP contribution in [0, 0.1) is 5.82 Å². The first-order valence-electron chi connectivity index (χ1n) is 11.5. The van der Waals surface area contributed by atoms with Gasteiger partial charge in [0.1, 0.15) is 17.0 Å². The van der Waals surface area contributed by atoms with E-state index in [9.17, 15) is 12.8 Å². The van der Waals surface area contributed by atoms with Gasteiger partial charge >= 0.3 is 0 Å². The highest BCUT2D eigenvalue weighted by atomic mass is 32.2. The van der Waals surface area contributed by atoms with Crippen LogP contribution in [-0.4, -0.2) is 44.8 Å². The summed E-state index contributed by atoms with van der Waals surface area (Å²) in [5.41, 5.74) is 13.1. The summed E-state index contributed by atoms with van der Waals surface area (Å²) < 4.78 is 39.9. The number of nitrogens with two attached hydrogens (primary N) is 1. The van der Waals surface area contributed by atoms with E-state index in [0.717, 1.165) is 28.2 Å². The Morgan fingerprint density at radius 1 is 0.974 bits per heavy atom. The lowest BCUT2D eigenvalue weighted by Gasteiger charge is -2.08. The van der Waals surface area contributed by atoms with Crippen molar-refractivity contribution in [2.75, 3.05) is 12.0 Å². The van der Waals surface area contributed by atoms with Crippen LogP contribution in [0.4, 0.5) is 10.1 Å². The Bertz CT molecular complexity index is 1950. The van der Waals surface area contributed by atoms with Crippen molar-refractivity contribution in [1.29, 1.82) is 0 Å². The molecular weight excluding hydrogens is 507 g/mol. The van der Waals surface area contributed by atoms with E-state index in [1.165, 1.54) is 12.1 Å². The number of anilines is 1. The smallest absolute Gasteiger partial charge is 0.209 e. The molecule has 5 aromatic heterocycles. The summed E-state index contributed by atoms with van der Waals surface area (Å²) in [6, 6.07) is 11.9. The highest BCUT2D eigenvalue weighted by Gasteiger charge is 2.16. The van der Waals surface area contributed by atoms with Gasteiger partial charge in [0.05, 0.1) is 40.6 Å². The first-order valence-corrected chi connectivity index (χ1v) is 13.4. The molecule has 10 nitrogen and oxygen atoms in total. The zero-order valence-corrected chi connectivity index (χ0v) is 20.8. The van der Waals surface area contributed by atoms with E-state index in [0.29, 0.717) is 45.0 Å². The largest absolute Gasteiger partial charge is 0.397 e. The van der Waals surface area contributed by atoms with Crippen LogP contribution in [0.1, 0.15) is 5.56 Å². The third kappa shape index (κ3) is 4.58. The number of aromatic amines is 2. The Labute approximate surface area is 216 Å². The van der Waals surface area contributed by atoms with Crippen molar-refractivity contribution in [3.63, 3.8) is 0 Å². The second kappa shape index (κ2) is 9.01. The number of aromatic nitrogens is 6. The van der Waals surface area contributed by atoms with Crippen LogP contribution in [0.2, 0.25) is 0 Å². The molecule has 0 amide bonds. The number of nitrogens with one attached hydrogen (secondary N) is 3. The molecule has 190 valence electrons. The van der Waals surface area contributed by atoms with Crippen molar-refractivity contribution in [3.8, 4) is 33.8 Å². The maximum absolute atomic E-state index is 14.5. The monoisotopic (exact) mass is 528 g/mol. The van der Waals surface area contributed by atoms with E-state index in [1.807, 2.05) is 18.2 Å². The van der Waals surface area contributed by atoms with E-state index >= 15 is 0 Å². The number of fused-ring (bicyclic) bond motifs is 2. The van der Waals surface area contributed by atoms with Gasteiger partial charge < -0.3 is 10.7 Å². The first kappa shape index (κ1) is 23.7. The second-order valence-electron chi connectivity index (χ2n) is 8.94. The Kier molecular flexibility index (Phi) is 5.62. The number of H-pyrrole nitrogens is 2. The van der Waals surface area contributed by atoms with E-state index in [-0.39, 0.29) is 6.54 Å². The molecule has 0 fully saturated rings. The minimum absolute atomic E-state index is 0.0266. The Morgan fingerprint density at radius 2 is 1.82 bits per heavy atom. The summed E-state index contributed by atoms with van der Waals surface area (Å²) in [7, 11) is -3.43. The van der Waals surface area contributed by atoms with Gasteiger partial charge in [-0.1, -0.05) is 0 Å². The number of hydrogen-bond acceptors (Lipinski definition) is 7. The van der Waals surface area contributed by atoms with Crippen LogP contribution >= 0.6 is 0 Å². The topological polar surface area (TPSA) is 155 Å². The van der Waals surface area contributed by atoms with E-state index in [2.05, 4.69) is 29.9 Å². The molecule has 38 heavy (non-hydrogen) atoms. The minimum Gasteiger partial charge on any atom is -0.397 e. The molecule has 0 atom stereocenters. The third-order valence-corrected chi connectivity index (χ3v) is 6.74. The molecule has 0 aliphatic carbocycles. The number of hydrogen-bond donors (Lipinski definition) is 4. The van der Waals surface area contributed by atoms with Gasteiger partial charge in [-0.2, -0.15) is 5.10 Å². The molecular formula is C26H21FN8O2S. The van der Waals surface area contributed by atoms with Crippen LogP contribution < -0.4 is 10.5 Å². The van der Waals surface area contributed by atoms with Gasteiger partial charge in [0.25, 0.3) is 0 Å². The quantitative estimate of drug-likeness (QED) is 0.255. The fourth-order valence-corrected chi connectivity index (χ4v) is 4.81. The standard InChI is InChI=1S/C26H21FN8O2S/c1-38(36,37)31-9-14-4-15(6-17(27)5-14)20-12-30-13-24-19(20)8-23(32-24)26-25-22(34-35-26)3-2-21(33-25)16-7-18(28)11-29-10-16/h2-8,10-13,31-32H,9,28H2,1H3,(H,34,35). The molecule has 0 unspecified atom stereocenters. The highest BCUT2D eigenvalue weighted by Crippen LogP contribution is 2.34. The number of pyridine rings is 3. The average Bonchev–Trinajstić information content (AvgIpc) is 3.50. The van der Waals surface area contributed by atoms with Crippen LogP contribution in [0.25, 0.3) is 55.7 Å². The predicted octanol–water partition coefficient (Wildman–Crippen LogP) is 4.00. The third-order valence-electron chi connectivity index (χ3n) is 6.07. The predicted molar refractivity (Wildman–Crippen MR) is 144 cm³/mol. The van der Waals surface area contributed by atoms with Crippen LogP contribution in [-0.2, 0) is 16.6 Å². The molecule has 6 aromatic rings. The average molecular weight is 529 g/mol. The van der Waals surface area contributed by atoms with Gasteiger partial charge in [0.2, 0.25) is 10.0 Å².